The maximum atomic E-state index is 9.73. The molecule has 1 aromatic heterocycles. The molecule has 0 aliphatic heterocycles. The minimum absolute atomic E-state index is 0.0178. The third-order valence-electron chi connectivity index (χ3n) is 2.79. The molecule has 1 atom stereocenters. The summed E-state index contributed by atoms with van der Waals surface area (Å²) in [5.74, 6) is 0.359. The van der Waals surface area contributed by atoms with E-state index in [2.05, 4.69) is 10.3 Å². The average molecular weight is 264 g/mol. The van der Waals surface area contributed by atoms with E-state index in [1.165, 1.54) is 12.1 Å². The predicted molar refractivity (Wildman–Crippen MR) is 72.0 cm³/mol. The number of aromatic nitrogens is 1. The fraction of sp³-hybridized carbons (Fsp3) is 0.308. The second-order valence-corrected chi connectivity index (χ2v) is 4.87. The molecule has 1 unspecified atom stereocenters. The van der Waals surface area contributed by atoms with Crippen molar-refractivity contribution in [3.8, 4) is 11.5 Å². The molecule has 0 amide bonds. The summed E-state index contributed by atoms with van der Waals surface area (Å²) < 4.78 is 0. The van der Waals surface area contributed by atoms with E-state index in [4.69, 9.17) is 0 Å². The Labute approximate surface area is 110 Å². The number of benzene rings is 1. The fourth-order valence-electron chi connectivity index (χ4n) is 1.78. The SMILES string of the molecule is CC(NCCc1cscn1)c1cc(O)ccc1O. The van der Waals surface area contributed by atoms with E-state index in [9.17, 15) is 10.2 Å². The van der Waals surface area contributed by atoms with Gasteiger partial charge >= 0.3 is 0 Å². The zero-order chi connectivity index (χ0) is 13.0. The van der Waals surface area contributed by atoms with Gasteiger partial charge in [0.2, 0.25) is 0 Å². The van der Waals surface area contributed by atoms with Gasteiger partial charge in [-0.2, -0.15) is 0 Å². The highest BCUT2D eigenvalue weighted by atomic mass is 32.1. The molecule has 0 fully saturated rings. The van der Waals surface area contributed by atoms with Crippen molar-refractivity contribution in [2.24, 2.45) is 0 Å². The minimum Gasteiger partial charge on any atom is -0.508 e. The molecule has 1 aromatic carbocycles. The maximum absolute atomic E-state index is 9.73. The number of hydrogen-bond donors (Lipinski definition) is 3. The van der Waals surface area contributed by atoms with Gasteiger partial charge in [-0.25, -0.2) is 4.98 Å². The van der Waals surface area contributed by atoms with Crippen LogP contribution < -0.4 is 5.32 Å². The first kappa shape index (κ1) is 12.9. The molecular formula is C13H16N2O2S. The number of aromatic hydroxyl groups is 2. The Hall–Kier alpha value is -1.59. The number of phenolic OH excluding ortho intramolecular Hbond substituents is 2. The van der Waals surface area contributed by atoms with Crippen LogP contribution in [0, 0.1) is 0 Å². The molecule has 1 heterocycles. The normalized spacial score (nSPS) is 12.5. The van der Waals surface area contributed by atoms with Gasteiger partial charge < -0.3 is 15.5 Å². The van der Waals surface area contributed by atoms with Crippen molar-refractivity contribution in [1.29, 1.82) is 0 Å². The minimum atomic E-state index is -0.0178. The molecular weight excluding hydrogens is 248 g/mol. The van der Waals surface area contributed by atoms with Crippen molar-refractivity contribution >= 4 is 11.3 Å². The van der Waals surface area contributed by atoms with Crippen LogP contribution in [0.3, 0.4) is 0 Å². The lowest BCUT2D eigenvalue weighted by atomic mass is 10.1. The Balaban J connectivity index is 1.91. The van der Waals surface area contributed by atoms with E-state index >= 15 is 0 Å². The Morgan fingerprint density at radius 1 is 1.39 bits per heavy atom. The van der Waals surface area contributed by atoms with Crippen LogP contribution in [0.5, 0.6) is 11.5 Å². The number of thiazole rings is 1. The third kappa shape index (κ3) is 3.21. The van der Waals surface area contributed by atoms with E-state index in [1.807, 2.05) is 17.8 Å². The molecule has 5 heteroatoms. The highest BCUT2D eigenvalue weighted by Crippen LogP contribution is 2.27. The van der Waals surface area contributed by atoms with Crippen molar-refractivity contribution < 1.29 is 10.2 Å². The smallest absolute Gasteiger partial charge is 0.120 e. The second kappa shape index (κ2) is 5.84. The number of hydrogen-bond acceptors (Lipinski definition) is 5. The van der Waals surface area contributed by atoms with Gasteiger partial charge in [0, 0.05) is 30.0 Å². The van der Waals surface area contributed by atoms with E-state index < -0.39 is 0 Å². The van der Waals surface area contributed by atoms with Crippen LogP contribution in [0.4, 0.5) is 0 Å². The largest absolute Gasteiger partial charge is 0.508 e. The Kier molecular flexibility index (Phi) is 4.17. The van der Waals surface area contributed by atoms with Gasteiger partial charge in [0.15, 0.2) is 0 Å². The molecule has 18 heavy (non-hydrogen) atoms. The summed E-state index contributed by atoms with van der Waals surface area (Å²) >= 11 is 1.59. The lowest BCUT2D eigenvalue weighted by Crippen LogP contribution is -2.21. The third-order valence-corrected chi connectivity index (χ3v) is 3.43. The first-order valence-corrected chi connectivity index (χ1v) is 6.73. The van der Waals surface area contributed by atoms with Crippen molar-refractivity contribution in [2.75, 3.05) is 6.54 Å². The average Bonchev–Trinajstić information content (AvgIpc) is 2.85. The highest BCUT2D eigenvalue weighted by molar-refractivity contribution is 7.07. The summed E-state index contributed by atoms with van der Waals surface area (Å²) in [5, 5.41) is 24.5. The van der Waals surface area contributed by atoms with Crippen molar-refractivity contribution in [3.05, 3.63) is 40.3 Å². The molecule has 2 aromatic rings. The standard InChI is InChI=1S/C13H16N2O2S/c1-9(12-6-11(16)2-3-13(12)17)14-5-4-10-7-18-8-15-10/h2-3,6-9,14,16-17H,4-5H2,1H3. The van der Waals surface area contributed by atoms with Crippen LogP contribution >= 0.6 is 11.3 Å². The van der Waals surface area contributed by atoms with Crippen LogP contribution in [0.15, 0.2) is 29.1 Å². The summed E-state index contributed by atoms with van der Waals surface area (Å²) in [6.45, 7) is 2.73. The van der Waals surface area contributed by atoms with Crippen LogP contribution in [0.25, 0.3) is 0 Å². The van der Waals surface area contributed by atoms with Gasteiger partial charge in [-0.3, -0.25) is 0 Å². The maximum Gasteiger partial charge on any atom is 0.120 e. The van der Waals surface area contributed by atoms with E-state index in [-0.39, 0.29) is 17.5 Å². The number of nitrogens with zero attached hydrogens (tertiary/aromatic N) is 1. The molecule has 0 aliphatic carbocycles. The summed E-state index contributed by atoms with van der Waals surface area (Å²) in [4.78, 5) is 4.21. The van der Waals surface area contributed by atoms with Crippen LogP contribution in [-0.2, 0) is 6.42 Å². The number of nitrogens with one attached hydrogen (secondary N) is 1. The summed E-state index contributed by atoms with van der Waals surface area (Å²) in [6, 6.07) is 4.54. The van der Waals surface area contributed by atoms with E-state index in [0.29, 0.717) is 5.56 Å². The molecule has 0 spiro atoms. The van der Waals surface area contributed by atoms with E-state index in [0.717, 1.165) is 18.7 Å². The number of rotatable bonds is 5. The molecule has 0 bridgehead atoms. The fourth-order valence-corrected chi connectivity index (χ4v) is 2.37. The Morgan fingerprint density at radius 2 is 2.22 bits per heavy atom. The van der Waals surface area contributed by atoms with Gasteiger partial charge in [0.05, 0.1) is 11.2 Å². The van der Waals surface area contributed by atoms with Crippen LogP contribution in [-0.4, -0.2) is 21.7 Å². The van der Waals surface area contributed by atoms with Crippen molar-refractivity contribution in [3.63, 3.8) is 0 Å². The van der Waals surface area contributed by atoms with Gasteiger partial charge in [0.1, 0.15) is 11.5 Å². The monoisotopic (exact) mass is 264 g/mol. The van der Waals surface area contributed by atoms with Crippen molar-refractivity contribution in [1.82, 2.24) is 10.3 Å². The highest BCUT2D eigenvalue weighted by Gasteiger charge is 2.10. The van der Waals surface area contributed by atoms with Crippen molar-refractivity contribution in [2.45, 2.75) is 19.4 Å². The summed E-state index contributed by atoms with van der Waals surface area (Å²) in [6.07, 6.45) is 0.855. The first-order chi connectivity index (χ1) is 8.66. The summed E-state index contributed by atoms with van der Waals surface area (Å²) in [7, 11) is 0. The quantitative estimate of drug-likeness (QED) is 0.726. The summed E-state index contributed by atoms with van der Waals surface area (Å²) in [5.41, 5.74) is 3.59. The number of phenols is 2. The van der Waals surface area contributed by atoms with Crippen LogP contribution in [0.2, 0.25) is 0 Å². The zero-order valence-corrected chi connectivity index (χ0v) is 10.9. The van der Waals surface area contributed by atoms with Crippen LogP contribution in [0.1, 0.15) is 24.2 Å². The lowest BCUT2D eigenvalue weighted by molar-refractivity contribution is 0.441. The first-order valence-electron chi connectivity index (χ1n) is 5.79. The molecule has 0 aliphatic rings. The second-order valence-electron chi connectivity index (χ2n) is 4.15. The zero-order valence-electron chi connectivity index (χ0n) is 10.1. The predicted octanol–water partition coefficient (Wildman–Crippen LogP) is 2.45. The Bertz CT molecular complexity index is 500. The molecule has 0 radical (unpaired) electrons. The van der Waals surface area contributed by atoms with Gasteiger partial charge in [0.25, 0.3) is 0 Å². The van der Waals surface area contributed by atoms with E-state index in [1.54, 1.807) is 17.4 Å². The van der Waals surface area contributed by atoms with Gasteiger partial charge in [-0.15, -0.1) is 11.3 Å². The molecule has 3 N–H and O–H groups in total. The Morgan fingerprint density at radius 3 is 2.94 bits per heavy atom. The van der Waals surface area contributed by atoms with Gasteiger partial charge in [-0.05, 0) is 25.1 Å². The lowest BCUT2D eigenvalue weighted by Gasteiger charge is -2.15. The molecule has 0 saturated carbocycles. The molecule has 2 rings (SSSR count). The molecule has 4 nitrogen and oxygen atoms in total. The molecule has 0 saturated heterocycles. The topological polar surface area (TPSA) is 65.4 Å². The molecule has 96 valence electrons. The van der Waals surface area contributed by atoms with Gasteiger partial charge in [-0.1, -0.05) is 0 Å².